The highest BCUT2D eigenvalue weighted by Gasteiger charge is 2.47. The third-order valence-corrected chi connectivity index (χ3v) is 6.15. The number of nitrogens with zero attached hydrogens (tertiary/aromatic N) is 3. The van der Waals surface area contributed by atoms with E-state index in [0.717, 1.165) is 50.0 Å². The van der Waals surface area contributed by atoms with E-state index in [2.05, 4.69) is 16.4 Å². The van der Waals surface area contributed by atoms with Crippen molar-refractivity contribution in [3.63, 3.8) is 0 Å². The van der Waals surface area contributed by atoms with Crippen LogP contribution < -0.4 is 5.32 Å². The van der Waals surface area contributed by atoms with E-state index >= 15 is 0 Å². The van der Waals surface area contributed by atoms with Crippen molar-refractivity contribution in [1.29, 1.82) is 0 Å². The predicted octanol–water partition coefficient (Wildman–Crippen LogP) is 2.50. The van der Waals surface area contributed by atoms with Crippen molar-refractivity contribution in [2.75, 3.05) is 20.6 Å². The number of carbonyl (C=O) groups excluding carboxylic acids is 2. The van der Waals surface area contributed by atoms with E-state index in [1.54, 1.807) is 19.0 Å². The summed E-state index contributed by atoms with van der Waals surface area (Å²) in [5.74, 6) is -2.62. The van der Waals surface area contributed by atoms with E-state index in [-0.39, 0.29) is 23.9 Å². The van der Waals surface area contributed by atoms with Crippen LogP contribution in [-0.4, -0.2) is 76.1 Å². The van der Waals surface area contributed by atoms with Gasteiger partial charge in [-0.2, -0.15) is 13.2 Å². The number of likely N-dealkylation sites (N-methyl/N-ethyl adjacent to an activating group) is 1. The van der Waals surface area contributed by atoms with Crippen molar-refractivity contribution in [1.82, 2.24) is 20.1 Å². The first kappa shape index (κ1) is 26.6. The number of amides is 2. The zero-order valence-corrected chi connectivity index (χ0v) is 19.1. The van der Waals surface area contributed by atoms with Crippen molar-refractivity contribution in [3.8, 4) is 0 Å². The van der Waals surface area contributed by atoms with Crippen molar-refractivity contribution in [2.45, 2.75) is 69.8 Å². The van der Waals surface area contributed by atoms with Gasteiger partial charge in [-0.3, -0.25) is 14.6 Å². The molecule has 2 fully saturated rings. The molecule has 1 aliphatic heterocycles. The molecule has 33 heavy (non-hydrogen) atoms. The first-order valence-corrected chi connectivity index (χ1v) is 10.8. The smallest absolute Gasteiger partial charge is 0.475 e. The molecule has 1 aliphatic carbocycles. The summed E-state index contributed by atoms with van der Waals surface area (Å²) in [5, 5.41) is 10.7. The Kier molecular flexibility index (Phi) is 8.82. The number of nitrogens with one attached hydrogen (secondary N) is 1. The Hall–Kier alpha value is -2.69. The number of hydrogen-bond donors (Lipinski definition) is 2. The summed E-state index contributed by atoms with van der Waals surface area (Å²) < 4.78 is 31.7. The van der Waals surface area contributed by atoms with Crippen molar-refractivity contribution in [3.05, 3.63) is 29.6 Å². The number of carboxylic acids is 1. The number of aromatic nitrogens is 1. The van der Waals surface area contributed by atoms with Crippen LogP contribution in [-0.2, 0) is 20.9 Å². The third-order valence-electron chi connectivity index (χ3n) is 6.15. The van der Waals surface area contributed by atoms with Gasteiger partial charge in [-0.1, -0.05) is 6.07 Å². The summed E-state index contributed by atoms with van der Waals surface area (Å²) in [5.41, 5.74) is 2.00. The Labute approximate surface area is 191 Å². The minimum absolute atomic E-state index is 0.00500. The van der Waals surface area contributed by atoms with Crippen LogP contribution in [0.2, 0.25) is 0 Å². The first-order valence-electron chi connectivity index (χ1n) is 10.8. The molecular weight excluding hydrogens is 441 g/mol. The fourth-order valence-corrected chi connectivity index (χ4v) is 4.23. The number of aliphatic carboxylic acids is 1. The number of alkyl halides is 3. The summed E-state index contributed by atoms with van der Waals surface area (Å²) >= 11 is 0. The first-order chi connectivity index (χ1) is 15.3. The molecular formula is C22H31F3N4O4. The Morgan fingerprint density at radius 2 is 1.85 bits per heavy atom. The van der Waals surface area contributed by atoms with Crippen molar-refractivity contribution >= 4 is 17.8 Å². The average Bonchev–Trinajstić information content (AvgIpc) is 3.03. The highest BCUT2D eigenvalue weighted by Crippen LogP contribution is 2.42. The average molecular weight is 473 g/mol. The van der Waals surface area contributed by atoms with Gasteiger partial charge in [0.2, 0.25) is 11.8 Å². The zero-order valence-electron chi connectivity index (χ0n) is 19.1. The van der Waals surface area contributed by atoms with Gasteiger partial charge in [0.1, 0.15) is 6.54 Å². The molecule has 1 saturated heterocycles. The molecule has 0 aromatic carbocycles. The monoisotopic (exact) mass is 472 g/mol. The van der Waals surface area contributed by atoms with Gasteiger partial charge in [0.25, 0.3) is 0 Å². The van der Waals surface area contributed by atoms with Crippen LogP contribution in [0.3, 0.4) is 0 Å². The number of rotatable bonds is 5. The lowest BCUT2D eigenvalue weighted by molar-refractivity contribution is -0.192. The number of pyridine rings is 1. The van der Waals surface area contributed by atoms with Gasteiger partial charge in [0.05, 0.1) is 5.69 Å². The molecule has 1 spiro atoms. The number of halogens is 3. The molecule has 1 saturated carbocycles. The fourth-order valence-electron chi connectivity index (χ4n) is 4.23. The standard InChI is InChI=1S/C20H30N4O2.C2HF3O2/c1-15-5-4-6-17(22-15)13-21-16-7-10-20(11-8-16)12-9-18(25)24(20)14-19(26)23(2)3;3-2(4,5)1(6)7/h4-6,16,21H,7-14H2,1-3H3;(H,6,7). The van der Waals surface area contributed by atoms with Crippen LogP contribution in [0.4, 0.5) is 13.2 Å². The second-order valence-electron chi connectivity index (χ2n) is 8.72. The predicted molar refractivity (Wildman–Crippen MR) is 114 cm³/mol. The lowest BCUT2D eigenvalue weighted by Gasteiger charge is -2.44. The second-order valence-corrected chi connectivity index (χ2v) is 8.72. The highest BCUT2D eigenvalue weighted by molar-refractivity contribution is 5.86. The van der Waals surface area contributed by atoms with Gasteiger partial charge in [-0.05, 0) is 51.2 Å². The van der Waals surface area contributed by atoms with Gasteiger partial charge < -0.3 is 20.2 Å². The second kappa shape index (κ2) is 11.0. The molecule has 8 nitrogen and oxygen atoms in total. The summed E-state index contributed by atoms with van der Waals surface area (Å²) in [6, 6.07) is 6.55. The van der Waals surface area contributed by atoms with Crippen LogP contribution in [0.1, 0.15) is 49.9 Å². The third kappa shape index (κ3) is 7.41. The molecule has 0 unspecified atom stereocenters. The Balaban J connectivity index is 0.000000479. The molecule has 2 aliphatic rings. The molecule has 2 heterocycles. The van der Waals surface area contributed by atoms with Gasteiger partial charge in [0, 0.05) is 44.3 Å². The topological polar surface area (TPSA) is 103 Å². The van der Waals surface area contributed by atoms with E-state index in [1.165, 1.54) is 0 Å². The van der Waals surface area contributed by atoms with E-state index in [9.17, 15) is 22.8 Å². The molecule has 0 radical (unpaired) electrons. The van der Waals surface area contributed by atoms with Crippen LogP contribution >= 0.6 is 0 Å². The number of hydrogen-bond acceptors (Lipinski definition) is 5. The van der Waals surface area contributed by atoms with E-state index < -0.39 is 12.1 Å². The summed E-state index contributed by atoms with van der Waals surface area (Å²) in [4.78, 5) is 41.4. The molecule has 2 amide bonds. The zero-order chi connectivity index (χ0) is 24.8. The molecule has 1 aromatic rings. The minimum Gasteiger partial charge on any atom is -0.475 e. The maximum Gasteiger partial charge on any atom is 0.490 e. The summed E-state index contributed by atoms with van der Waals surface area (Å²) in [6.45, 7) is 3.01. The van der Waals surface area contributed by atoms with Gasteiger partial charge >= 0.3 is 12.1 Å². The molecule has 11 heteroatoms. The SMILES string of the molecule is Cc1cccc(CNC2CCC3(CCC(=O)N3CC(=O)N(C)C)CC2)n1.O=C(O)C(F)(F)F. The Bertz CT molecular complexity index is 852. The number of likely N-dealkylation sites (tertiary alicyclic amines) is 1. The number of carbonyl (C=O) groups is 3. The highest BCUT2D eigenvalue weighted by atomic mass is 19.4. The number of carboxylic acid groups (broad SMARTS) is 1. The summed E-state index contributed by atoms with van der Waals surface area (Å²) in [6.07, 6.45) is 0.388. The molecule has 0 bridgehead atoms. The quantitative estimate of drug-likeness (QED) is 0.683. The molecule has 1 aromatic heterocycles. The van der Waals surface area contributed by atoms with Crippen LogP contribution in [0.15, 0.2) is 18.2 Å². The van der Waals surface area contributed by atoms with E-state index in [4.69, 9.17) is 9.90 Å². The normalized spacial score (nSPS) is 22.7. The molecule has 3 rings (SSSR count). The fraction of sp³-hybridized carbons (Fsp3) is 0.636. The van der Waals surface area contributed by atoms with Crippen LogP contribution in [0.25, 0.3) is 0 Å². The lowest BCUT2D eigenvalue weighted by Crippen LogP contribution is -2.53. The van der Waals surface area contributed by atoms with Crippen molar-refractivity contribution < 1.29 is 32.7 Å². The van der Waals surface area contributed by atoms with Crippen LogP contribution in [0, 0.1) is 6.92 Å². The Morgan fingerprint density at radius 3 is 2.36 bits per heavy atom. The minimum atomic E-state index is -5.08. The number of aryl methyl sites for hydroxylation is 1. The lowest BCUT2D eigenvalue weighted by atomic mass is 9.77. The maximum absolute atomic E-state index is 12.4. The molecule has 184 valence electrons. The van der Waals surface area contributed by atoms with Gasteiger partial charge in [-0.25, -0.2) is 4.79 Å². The molecule has 0 atom stereocenters. The van der Waals surface area contributed by atoms with Crippen LogP contribution in [0.5, 0.6) is 0 Å². The maximum atomic E-state index is 12.4. The van der Waals surface area contributed by atoms with Crippen molar-refractivity contribution in [2.24, 2.45) is 0 Å². The molecule has 2 N–H and O–H groups in total. The Morgan fingerprint density at radius 1 is 1.24 bits per heavy atom. The van der Waals surface area contributed by atoms with E-state index in [1.807, 2.05) is 24.0 Å². The van der Waals surface area contributed by atoms with Gasteiger partial charge in [0.15, 0.2) is 0 Å². The van der Waals surface area contributed by atoms with Gasteiger partial charge in [-0.15, -0.1) is 0 Å². The largest absolute Gasteiger partial charge is 0.490 e. The summed E-state index contributed by atoms with van der Waals surface area (Å²) in [7, 11) is 3.49. The van der Waals surface area contributed by atoms with E-state index in [0.29, 0.717) is 12.5 Å².